The molecule has 126 valence electrons. The summed E-state index contributed by atoms with van der Waals surface area (Å²) >= 11 is 2.07. The van der Waals surface area contributed by atoms with Crippen LogP contribution in [0, 0.1) is 13.7 Å². The van der Waals surface area contributed by atoms with Crippen molar-refractivity contribution in [3.63, 3.8) is 0 Å². The quantitative estimate of drug-likeness (QED) is 0.417. The maximum Gasteiger partial charge on any atom is 0.269 e. The highest BCUT2D eigenvalue weighted by molar-refractivity contribution is 14.1. The number of nitrogens with zero attached hydrogens (tertiary/aromatic N) is 1. The Morgan fingerprint density at radius 1 is 1.29 bits per heavy atom. The van der Waals surface area contributed by atoms with Gasteiger partial charge in [-0.3, -0.25) is 14.9 Å². The molecule has 0 heterocycles. The van der Waals surface area contributed by atoms with Gasteiger partial charge < -0.3 is 14.8 Å². The van der Waals surface area contributed by atoms with Gasteiger partial charge in [-0.05, 0) is 53.8 Å². The largest absolute Gasteiger partial charge is 0.493 e. The molecule has 0 aliphatic rings. The summed E-state index contributed by atoms with van der Waals surface area (Å²) in [5.74, 6) is 0.716. The van der Waals surface area contributed by atoms with Gasteiger partial charge in [0, 0.05) is 23.4 Å². The summed E-state index contributed by atoms with van der Waals surface area (Å²) in [6, 6.07) is 8.90. The third kappa shape index (κ3) is 4.13. The Morgan fingerprint density at radius 3 is 2.50 bits per heavy atom. The van der Waals surface area contributed by atoms with E-state index in [9.17, 15) is 14.9 Å². The van der Waals surface area contributed by atoms with Gasteiger partial charge in [-0.1, -0.05) is 0 Å². The molecule has 0 aliphatic heterocycles. The second kappa shape index (κ2) is 7.95. The molecule has 2 rings (SSSR count). The van der Waals surface area contributed by atoms with E-state index >= 15 is 0 Å². The third-order valence-corrected chi connectivity index (χ3v) is 3.92. The molecule has 0 spiro atoms. The van der Waals surface area contributed by atoms with Crippen LogP contribution in [0.25, 0.3) is 0 Å². The van der Waals surface area contributed by atoms with Gasteiger partial charge in [-0.2, -0.15) is 0 Å². The van der Waals surface area contributed by atoms with E-state index in [1.807, 2.05) is 6.92 Å². The van der Waals surface area contributed by atoms with E-state index in [0.717, 1.165) is 3.57 Å². The number of carbonyl (C=O) groups is 1. The van der Waals surface area contributed by atoms with Crippen LogP contribution in [0.2, 0.25) is 0 Å². The van der Waals surface area contributed by atoms with E-state index in [0.29, 0.717) is 29.4 Å². The number of halogens is 1. The number of rotatable bonds is 6. The number of methoxy groups -OCH3 is 1. The van der Waals surface area contributed by atoms with E-state index in [2.05, 4.69) is 27.9 Å². The van der Waals surface area contributed by atoms with Gasteiger partial charge >= 0.3 is 0 Å². The average Bonchev–Trinajstić information content (AvgIpc) is 2.57. The Hall–Kier alpha value is -2.36. The Kier molecular flexibility index (Phi) is 5.96. The van der Waals surface area contributed by atoms with Gasteiger partial charge in [0.15, 0.2) is 11.5 Å². The number of carbonyl (C=O) groups excluding carboxylic acids is 1. The zero-order chi connectivity index (χ0) is 17.7. The van der Waals surface area contributed by atoms with Crippen LogP contribution in [-0.4, -0.2) is 24.5 Å². The number of nitrogens with one attached hydrogen (secondary N) is 1. The fourth-order valence-electron chi connectivity index (χ4n) is 2.01. The first-order valence-corrected chi connectivity index (χ1v) is 8.10. The van der Waals surface area contributed by atoms with Crippen molar-refractivity contribution in [1.82, 2.24) is 0 Å². The first-order valence-electron chi connectivity index (χ1n) is 7.02. The van der Waals surface area contributed by atoms with Crippen molar-refractivity contribution in [2.45, 2.75) is 6.92 Å². The predicted molar refractivity (Wildman–Crippen MR) is 97.9 cm³/mol. The number of hydrogen-bond donors (Lipinski definition) is 1. The highest BCUT2D eigenvalue weighted by Crippen LogP contribution is 2.34. The molecule has 8 heteroatoms. The minimum Gasteiger partial charge on any atom is -0.493 e. The summed E-state index contributed by atoms with van der Waals surface area (Å²) in [4.78, 5) is 22.5. The van der Waals surface area contributed by atoms with Gasteiger partial charge in [0.2, 0.25) is 0 Å². The van der Waals surface area contributed by atoms with E-state index in [1.54, 1.807) is 12.1 Å². The maximum absolute atomic E-state index is 12.4. The highest BCUT2D eigenvalue weighted by atomic mass is 127. The average molecular weight is 442 g/mol. The lowest BCUT2D eigenvalue weighted by Crippen LogP contribution is -2.13. The minimum absolute atomic E-state index is 0.0368. The predicted octanol–water partition coefficient (Wildman–Crippen LogP) is 3.86. The summed E-state index contributed by atoms with van der Waals surface area (Å²) in [6.45, 7) is 2.35. The van der Waals surface area contributed by atoms with Crippen LogP contribution >= 0.6 is 22.6 Å². The van der Waals surface area contributed by atoms with Crippen LogP contribution in [0.5, 0.6) is 11.5 Å². The van der Waals surface area contributed by atoms with Crippen molar-refractivity contribution in [1.29, 1.82) is 0 Å². The number of non-ortho nitro benzene ring substituents is 1. The fraction of sp³-hybridized carbons (Fsp3) is 0.188. The van der Waals surface area contributed by atoms with Crippen LogP contribution in [0.3, 0.4) is 0 Å². The van der Waals surface area contributed by atoms with Crippen molar-refractivity contribution in [3.8, 4) is 11.5 Å². The molecule has 1 amide bonds. The molecule has 2 aromatic carbocycles. The second-order valence-corrected chi connectivity index (χ2v) is 5.84. The standard InChI is InChI=1S/C16H15IN2O5/c1-3-24-15-13(17)8-10(9-14(15)23-2)16(20)18-11-4-6-12(7-5-11)19(21)22/h4-9H,3H2,1-2H3,(H,18,20). The van der Waals surface area contributed by atoms with Crippen molar-refractivity contribution in [3.05, 3.63) is 55.6 Å². The van der Waals surface area contributed by atoms with Crippen LogP contribution in [0.15, 0.2) is 36.4 Å². The number of benzene rings is 2. The number of amides is 1. The molecule has 0 aliphatic carbocycles. The first-order chi connectivity index (χ1) is 11.5. The van der Waals surface area contributed by atoms with Gasteiger partial charge in [-0.15, -0.1) is 0 Å². The lowest BCUT2D eigenvalue weighted by atomic mass is 10.1. The molecule has 2 aromatic rings. The lowest BCUT2D eigenvalue weighted by Gasteiger charge is -2.13. The van der Waals surface area contributed by atoms with Crippen LogP contribution in [-0.2, 0) is 0 Å². The summed E-state index contributed by atoms with van der Waals surface area (Å²) in [5, 5.41) is 13.3. The normalized spacial score (nSPS) is 10.1. The summed E-state index contributed by atoms with van der Waals surface area (Å²) < 4.78 is 11.5. The van der Waals surface area contributed by atoms with Crippen LogP contribution < -0.4 is 14.8 Å². The number of hydrogen-bond acceptors (Lipinski definition) is 5. The smallest absolute Gasteiger partial charge is 0.269 e. The van der Waals surface area contributed by atoms with Crippen LogP contribution in [0.4, 0.5) is 11.4 Å². The second-order valence-electron chi connectivity index (χ2n) is 4.68. The zero-order valence-electron chi connectivity index (χ0n) is 13.0. The molecular formula is C16H15IN2O5. The van der Waals surface area contributed by atoms with Crippen molar-refractivity contribution < 1.29 is 19.2 Å². The molecule has 1 N–H and O–H groups in total. The Labute approximate surface area is 152 Å². The summed E-state index contributed by atoms with van der Waals surface area (Å²) in [6.07, 6.45) is 0. The number of nitro groups is 1. The van der Waals surface area contributed by atoms with Gasteiger partial charge in [-0.25, -0.2) is 0 Å². The fourth-order valence-corrected chi connectivity index (χ4v) is 2.76. The third-order valence-electron chi connectivity index (χ3n) is 3.12. The van der Waals surface area contributed by atoms with Crippen LogP contribution in [0.1, 0.15) is 17.3 Å². The number of nitro benzene ring substituents is 1. The molecule has 0 atom stereocenters. The molecule has 24 heavy (non-hydrogen) atoms. The van der Waals surface area contributed by atoms with E-state index in [-0.39, 0.29) is 11.6 Å². The maximum atomic E-state index is 12.4. The van der Waals surface area contributed by atoms with Gasteiger partial charge in [0.25, 0.3) is 11.6 Å². The molecule has 7 nitrogen and oxygen atoms in total. The number of ether oxygens (including phenoxy) is 2. The van der Waals surface area contributed by atoms with Crippen molar-refractivity contribution in [2.75, 3.05) is 19.0 Å². The first kappa shape index (κ1) is 18.0. The molecular weight excluding hydrogens is 427 g/mol. The molecule has 0 unspecified atom stereocenters. The highest BCUT2D eigenvalue weighted by Gasteiger charge is 2.16. The molecule has 0 radical (unpaired) electrons. The van der Waals surface area contributed by atoms with Gasteiger partial charge in [0.1, 0.15) is 0 Å². The number of anilines is 1. The summed E-state index contributed by atoms with van der Waals surface area (Å²) in [5.41, 5.74) is 0.830. The molecule has 0 saturated carbocycles. The van der Waals surface area contributed by atoms with E-state index < -0.39 is 4.92 Å². The molecule has 0 bridgehead atoms. The Bertz CT molecular complexity index is 762. The van der Waals surface area contributed by atoms with E-state index in [4.69, 9.17) is 9.47 Å². The van der Waals surface area contributed by atoms with Crippen molar-refractivity contribution in [2.24, 2.45) is 0 Å². The zero-order valence-corrected chi connectivity index (χ0v) is 15.2. The Morgan fingerprint density at radius 2 is 1.96 bits per heavy atom. The molecule has 0 fully saturated rings. The van der Waals surface area contributed by atoms with E-state index in [1.165, 1.54) is 31.4 Å². The topological polar surface area (TPSA) is 90.7 Å². The summed E-state index contributed by atoms with van der Waals surface area (Å²) in [7, 11) is 1.51. The van der Waals surface area contributed by atoms with Gasteiger partial charge in [0.05, 0.1) is 22.2 Å². The Balaban J connectivity index is 2.23. The van der Waals surface area contributed by atoms with Crippen molar-refractivity contribution >= 4 is 39.9 Å². The minimum atomic E-state index is -0.495. The molecule has 0 aromatic heterocycles. The molecule has 0 saturated heterocycles. The SMILES string of the molecule is CCOc1c(I)cc(C(=O)Nc2ccc([N+](=O)[O-])cc2)cc1OC. The lowest BCUT2D eigenvalue weighted by molar-refractivity contribution is -0.384. The monoisotopic (exact) mass is 442 g/mol.